The van der Waals surface area contributed by atoms with Crippen LogP contribution in [0.15, 0.2) is 64.3 Å². The molecule has 0 saturated carbocycles. The molecular weight excluding hydrogens is 444 g/mol. The van der Waals surface area contributed by atoms with E-state index in [-0.39, 0.29) is 11.3 Å². The van der Waals surface area contributed by atoms with Gasteiger partial charge < -0.3 is 19.2 Å². The molecule has 0 bridgehead atoms. The van der Waals surface area contributed by atoms with Gasteiger partial charge in [0.1, 0.15) is 5.58 Å². The van der Waals surface area contributed by atoms with E-state index >= 15 is 0 Å². The number of aryl methyl sites for hydroxylation is 2. The van der Waals surface area contributed by atoms with Crippen LogP contribution in [0.5, 0.6) is 0 Å². The van der Waals surface area contributed by atoms with Crippen LogP contribution >= 0.6 is 0 Å². The molecule has 1 N–H and O–H groups in total. The number of carbonyl (C=O) groups excluding carboxylic acids is 2. The number of nitrogens with zero attached hydrogens (tertiary/aromatic N) is 2. The highest BCUT2D eigenvalue weighted by Gasteiger charge is 2.44. The molecule has 35 heavy (non-hydrogen) atoms. The van der Waals surface area contributed by atoms with Crippen molar-refractivity contribution in [3.8, 4) is 0 Å². The quantitative estimate of drug-likeness (QED) is 0.513. The van der Waals surface area contributed by atoms with Crippen LogP contribution in [-0.4, -0.2) is 66.0 Å². The van der Waals surface area contributed by atoms with Crippen molar-refractivity contribution in [3.05, 3.63) is 82.3 Å². The zero-order valence-corrected chi connectivity index (χ0v) is 20.1. The predicted molar refractivity (Wildman–Crippen MR) is 132 cm³/mol. The van der Waals surface area contributed by atoms with Crippen molar-refractivity contribution in [3.63, 3.8) is 0 Å². The van der Waals surface area contributed by atoms with Gasteiger partial charge in [0.15, 0.2) is 11.5 Å². The maximum Gasteiger partial charge on any atom is 0.290 e. The average Bonchev–Trinajstić information content (AvgIpc) is 3.39. The fourth-order valence-corrected chi connectivity index (χ4v) is 4.91. The first-order chi connectivity index (χ1) is 16.9. The van der Waals surface area contributed by atoms with E-state index in [0.717, 1.165) is 48.1 Å². The molecule has 1 amide bonds. The molecule has 5 rings (SSSR count). The number of Topliss-reactive ketones (excluding diaryl/α,β-unsaturated/α-hetero) is 1. The fourth-order valence-electron chi connectivity index (χ4n) is 4.91. The lowest BCUT2D eigenvalue weighted by atomic mass is 9.94. The van der Waals surface area contributed by atoms with Crippen molar-refractivity contribution in [1.82, 2.24) is 9.80 Å². The van der Waals surface area contributed by atoms with E-state index in [1.807, 2.05) is 56.3 Å². The number of ether oxygens (including phenoxy) is 1. The Hall–Kier alpha value is -3.42. The summed E-state index contributed by atoms with van der Waals surface area (Å²) in [5.74, 6) is -1.37. The summed E-state index contributed by atoms with van der Waals surface area (Å²) in [5, 5.41) is 11.7. The van der Waals surface area contributed by atoms with Gasteiger partial charge in [-0.15, -0.1) is 0 Å². The van der Waals surface area contributed by atoms with Gasteiger partial charge in [0.05, 0.1) is 24.8 Å². The third kappa shape index (κ3) is 4.61. The fraction of sp³-hybridized carbons (Fsp3) is 0.357. The number of rotatable bonds is 7. The van der Waals surface area contributed by atoms with Gasteiger partial charge in [0.2, 0.25) is 5.78 Å². The summed E-state index contributed by atoms with van der Waals surface area (Å²) in [7, 11) is 0. The second-order valence-corrected chi connectivity index (χ2v) is 9.36. The van der Waals surface area contributed by atoms with E-state index in [4.69, 9.17) is 9.15 Å². The molecule has 182 valence electrons. The van der Waals surface area contributed by atoms with Gasteiger partial charge in [-0.3, -0.25) is 14.5 Å². The Morgan fingerprint density at radius 2 is 1.71 bits per heavy atom. The summed E-state index contributed by atoms with van der Waals surface area (Å²) in [6.45, 7) is 8.37. The molecule has 3 aromatic rings. The van der Waals surface area contributed by atoms with Gasteiger partial charge >= 0.3 is 0 Å². The van der Waals surface area contributed by atoms with Crippen molar-refractivity contribution < 1.29 is 23.8 Å². The first-order valence-electron chi connectivity index (χ1n) is 12.1. The van der Waals surface area contributed by atoms with E-state index in [1.54, 1.807) is 11.0 Å². The van der Waals surface area contributed by atoms with Crippen LogP contribution in [0.1, 0.15) is 39.7 Å². The normalized spacial score (nSPS) is 19.2. The van der Waals surface area contributed by atoms with E-state index in [1.165, 1.54) is 0 Å². The van der Waals surface area contributed by atoms with Crippen LogP contribution in [-0.2, 0) is 9.53 Å². The lowest BCUT2D eigenvalue weighted by Crippen LogP contribution is -2.39. The summed E-state index contributed by atoms with van der Waals surface area (Å²) in [6, 6.07) is 14.4. The third-order valence-corrected chi connectivity index (χ3v) is 6.81. The number of ketones is 1. The van der Waals surface area contributed by atoms with E-state index in [0.29, 0.717) is 25.3 Å². The monoisotopic (exact) mass is 474 g/mol. The molecule has 1 unspecified atom stereocenters. The van der Waals surface area contributed by atoms with Gasteiger partial charge in [0, 0.05) is 31.6 Å². The second-order valence-electron chi connectivity index (χ2n) is 9.36. The molecule has 2 aliphatic rings. The Morgan fingerprint density at radius 3 is 2.46 bits per heavy atom. The number of hydrogen-bond donors (Lipinski definition) is 1. The maximum absolute atomic E-state index is 13.7. The van der Waals surface area contributed by atoms with Crippen molar-refractivity contribution in [2.45, 2.75) is 26.3 Å². The van der Waals surface area contributed by atoms with E-state index < -0.39 is 23.5 Å². The highest BCUT2D eigenvalue weighted by atomic mass is 16.5. The standard InChI is InChI=1S/C28H30N2O5/c1-18-4-7-20(8-5-18)25-24(26(31)23-17-21-16-19(2)6-9-22(21)35-23)27(32)28(33)30(25)11-3-10-29-12-14-34-15-13-29/h4-9,16-17,25,32H,3,10-15H2,1-2H3. The van der Waals surface area contributed by atoms with Crippen LogP contribution < -0.4 is 0 Å². The molecule has 0 spiro atoms. The van der Waals surface area contributed by atoms with Gasteiger partial charge in [0.25, 0.3) is 5.91 Å². The van der Waals surface area contributed by atoms with Crippen LogP contribution in [0.3, 0.4) is 0 Å². The Bertz CT molecular complexity index is 1280. The molecule has 7 nitrogen and oxygen atoms in total. The van der Waals surface area contributed by atoms with Crippen LogP contribution in [0.4, 0.5) is 0 Å². The van der Waals surface area contributed by atoms with Crippen molar-refractivity contribution >= 4 is 22.7 Å². The Morgan fingerprint density at radius 1 is 1.00 bits per heavy atom. The minimum Gasteiger partial charge on any atom is -0.503 e. The largest absolute Gasteiger partial charge is 0.503 e. The number of aliphatic hydroxyl groups is 1. The molecule has 7 heteroatoms. The Kier molecular flexibility index (Phi) is 6.45. The highest BCUT2D eigenvalue weighted by Crippen LogP contribution is 2.39. The number of furan rings is 1. The van der Waals surface area contributed by atoms with Crippen LogP contribution in [0.25, 0.3) is 11.0 Å². The number of amides is 1. The van der Waals surface area contributed by atoms with Crippen molar-refractivity contribution in [1.29, 1.82) is 0 Å². The molecule has 3 heterocycles. The molecule has 1 atom stereocenters. The van der Waals surface area contributed by atoms with Crippen molar-refractivity contribution in [2.75, 3.05) is 39.4 Å². The summed E-state index contributed by atoms with van der Waals surface area (Å²) < 4.78 is 11.3. The molecule has 1 saturated heterocycles. The number of carbonyl (C=O) groups is 2. The van der Waals surface area contributed by atoms with Crippen LogP contribution in [0, 0.1) is 13.8 Å². The number of morpholine rings is 1. The molecule has 1 fully saturated rings. The predicted octanol–water partition coefficient (Wildman–Crippen LogP) is 4.35. The first-order valence-corrected chi connectivity index (χ1v) is 12.1. The molecule has 1 aromatic heterocycles. The van der Waals surface area contributed by atoms with Gasteiger partial charge in [-0.2, -0.15) is 0 Å². The number of hydrogen-bond acceptors (Lipinski definition) is 6. The summed E-state index contributed by atoms with van der Waals surface area (Å²) in [6.07, 6.45) is 0.729. The minimum atomic E-state index is -0.671. The molecule has 2 aliphatic heterocycles. The second kappa shape index (κ2) is 9.68. The summed E-state index contributed by atoms with van der Waals surface area (Å²) in [5.41, 5.74) is 3.58. The van der Waals surface area contributed by atoms with Gasteiger partial charge in [-0.1, -0.05) is 41.5 Å². The lowest BCUT2D eigenvalue weighted by Gasteiger charge is -2.30. The summed E-state index contributed by atoms with van der Waals surface area (Å²) >= 11 is 0. The van der Waals surface area contributed by atoms with Crippen molar-refractivity contribution in [2.24, 2.45) is 0 Å². The number of fused-ring (bicyclic) bond motifs is 1. The zero-order valence-electron chi connectivity index (χ0n) is 20.1. The van der Waals surface area contributed by atoms with Gasteiger partial charge in [-0.05, 0) is 44.0 Å². The first kappa shape index (κ1) is 23.3. The Balaban J connectivity index is 1.45. The molecular formula is C28H30N2O5. The van der Waals surface area contributed by atoms with Crippen LogP contribution in [0.2, 0.25) is 0 Å². The Labute approximate surface area is 204 Å². The van der Waals surface area contributed by atoms with Gasteiger partial charge in [-0.25, -0.2) is 0 Å². The van der Waals surface area contributed by atoms with E-state index in [2.05, 4.69) is 4.90 Å². The number of benzene rings is 2. The SMILES string of the molecule is Cc1ccc(C2C(C(=O)c3cc4cc(C)ccc4o3)=C(O)C(=O)N2CCCN2CCOCC2)cc1. The highest BCUT2D eigenvalue weighted by molar-refractivity contribution is 6.16. The maximum atomic E-state index is 13.7. The number of aliphatic hydroxyl groups excluding tert-OH is 1. The molecule has 0 aliphatic carbocycles. The third-order valence-electron chi connectivity index (χ3n) is 6.81. The summed E-state index contributed by atoms with van der Waals surface area (Å²) in [4.78, 5) is 30.8. The average molecular weight is 475 g/mol. The molecule has 0 radical (unpaired) electrons. The topological polar surface area (TPSA) is 83.2 Å². The lowest BCUT2D eigenvalue weighted by molar-refractivity contribution is -0.129. The molecule has 2 aromatic carbocycles. The smallest absolute Gasteiger partial charge is 0.290 e. The minimum absolute atomic E-state index is 0.0704. The van der Waals surface area contributed by atoms with E-state index in [9.17, 15) is 14.7 Å². The zero-order chi connectivity index (χ0) is 24.5.